The van der Waals surface area contributed by atoms with Gasteiger partial charge in [-0.1, -0.05) is 6.92 Å². The summed E-state index contributed by atoms with van der Waals surface area (Å²) in [4.78, 5) is 22.3. The Morgan fingerprint density at radius 3 is 2.94 bits per heavy atom. The number of pyridine rings is 1. The highest BCUT2D eigenvalue weighted by Crippen LogP contribution is 2.24. The summed E-state index contributed by atoms with van der Waals surface area (Å²) in [6.45, 7) is 1.94. The van der Waals surface area contributed by atoms with Crippen LogP contribution in [0.15, 0.2) is 34.7 Å². The highest BCUT2D eigenvalue weighted by atomic mass is 32.2. The lowest BCUT2D eigenvalue weighted by Gasteiger charge is -2.03. The van der Waals surface area contributed by atoms with Crippen LogP contribution in [0.5, 0.6) is 0 Å². The topological polar surface area (TPSA) is 78.9 Å². The molecule has 0 saturated heterocycles. The highest BCUT2D eigenvalue weighted by Gasteiger charge is 2.09. The van der Waals surface area contributed by atoms with Gasteiger partial charge in [0.15, 0.2) is 5.16 Å². The van der Waals surface area contributed by atoms with Crippen LogP contribution < -0.4 is 0 Å². The molecular weight excluding hydrogens is 238 g/mol. The van der Waals surface area contributed by atoms with Gasteiger partial charge in [0.05, 0.1) is 5.56 Å². The van der Waals surface area contributed by atoms with E-state index >= 15 is 0 Å². The molecule has 0 amide bonds. The van der Waals surface area contributed by atoms with Gasteiger partial charge in [0, 0.05) is 18.1 Å². The van der Waals surface area contributed by atoms with Gasteiger partial charge in [0.1, 0.15) is 5.03 Å². The van der Waals surface area contributed by atoms with Crippen LogP contribution in [0.2, 0.25) is 0 Å². The van der Waals surface area contributed by atoms with Crippen LogP contribution in [0.25, 0.3) is 0 Å². The zero-order chi connectivity index (χ0) is 12.3. The predicted molar refractivity (Wildman–Crippen MR) is 63.3 cm³/mol. The number of hydrogen-bond acceptors (Lipinski definition) is 4. The lowest BCUT2D eigenvalue weighted by atomic mass is 10.2. The number of aromatic carboxylic acids is 1. The third kappa shape index (κ3) is 2.85. The van der Waals surface area contributed by atoms with Crippen LogP contribution >= 0.6 is 11.8 Å². The predicted octanol–water partition coefficient (Wildman–Crippen LogP) is 2.22. The molecule has 0 bridgehead atoms. The minimum atomic E-state index is -0.941. The number of carbonyl (C=O) groups is 1. The third-order valence-corrected chi connectivity index (χ3v) is 2.97. The molecule has 2 aromatic heterocycles. The summed E-state index contributed by atoms with van der Waals surface area (Å²) in [5.74, 6) is -0.941. The smallest absolute Gasteiger partial charge is 0.335 e. The van der Waals surface area contributed by atoms with E-state index in [1.54, 1.807) is 24.5 Å². The monoisotopic (exact) mass is 249 g/mol. The standard InChI is InChI=1S/C11H11N3O2S/c1-2-8-5-7(10(15)16)6-9(14-8)17-11-12-3-4-13-11/h3-6H,2H2,1H3,(H,12,13)(H,15,16). The van der Waals surface area contributed by atoms with Crippen molar-refractivity contribution in [1.29, 1.82) is 0 Å². The largest absolute Gasteiger partial charge is 0.478 e. The van der Waals surface area contributed by atoms with Gasteiger partial charge in [-0.2, -0.15) is 0 Å². The first-order valence-corrected chi connectivity index (χ1v) is 5.92. The molecule has 0 spiro atoms. The minimum absolute atomic E-state index is 0.255. The van der Waals surface area contributed by atoms with Crippen molar-refractivity contribution in [2.75, 3.05) is 0 Å². The van der Waals surface area contributed by atoms with E-state index in [9.17, 15) is 4.79 Å². The molecule has 2 rings (SSSR count). The molecule has 2 aromatic rings. The van der Waals surface area contributed by atoms with Gasteiger partial charge in [0.2, 0.25) is 0 Å². The van der Waals surface area contributed by atoms with Crippen LogP contribution in [-0.2, 0) is 6.42 Å². The molecule has 2 heterocycles. The SMILES string of the molecule is CCc1cc(C(=O)O)cc(Sc2ncc[nH]2)n1. The fourth-order valence-corrected chi connectivity index (χ4v) is 2.11. The van der Waals surface area contributed by atoms with E-state index in [4.69, 9.17) is 5.11 Å². The van der Waals surface area contributed by atoms with Gasteiger partial charge in [-0.15, -0.1) is 0 Å². The Bertz CT molecular complexity index is 526. The molecule has 88 valence electrons. The number of nitrogens with one attached hydrogen (secondary N) is 1. The lowest BCUT2D eigenvalue weighted by molar-refractivity contribution is 0.0696. The van der Waals surface area contributed by atoms with Crippen LogP contribution in [0.4, 0.5) is 0 Å². The van der Waals surface area contributed by atoms with Crippen molar-refractivity contribution in [3.63, 3.8) is 0 Å². The second-order valence-corrected chi connectivity index (χ2v) is 4.35. The average molecular weight is 249 g/mol. The van der Waals surface area contributed by atoms with Crippen molar-refractivity contribution in [1.82, 2.24) is 15.0 Å². The maximum absolute atomic E-state index is 11.0. The number of carboxylic acids is 1. The van der Waals surface area contributed by atoms with E-state index in [0.717, 1.165) is 5.69 Å². The van der Waals surface area contributed by atoms with E-state index in [-0.39, 0.29) is 5.56 Å². The summed E-state index contributed by atoms with van der Waals surface area (Å²) in [6.07, 6.45) is 4.06. The van der Waals surface area contributed by atoms with Crippen molar-refractivity contribution in [2.24, 2.45) is 0 Å². The number of hydrogen-bond donors (Lipinski definition) is 2. The van der Waals surface area contributed by atoms with Crippen molar-refractivity contribution in [3.8, 4) is 0 Å². The number of aromatic nitrogens is 3. The Kier molecular flexibility index (Phi) is 3.43. The lowest BCUT2D eigenvalue weighted by Crippen LogP contribution is -2.00. The Morgan fingerprint density at radius 1 is 1.53 bits per heavy atom. The molecule has 17 heavy (non-hydrogen) atoms. The van der Waals surface area contributed by atoms with E-state index in [0.29, 0.717) is 16.6 Å². The first-order chi connectivity index (χ1) is 8.19. The van der Waals surface area contributed by atoms with Crippen LogP contribution in [-0.4, -0.2) is 26.0 Å². The van der Waals surface area contributed by atoms with Gasteiger partial charge in [-0.3, -0.25) is 0 Å². The third-order valence-electron chi connectivity index (χ3n) is 2.14. The Hall–Kier alpha value is -1.82. The summed E-state index contributed by atoms with van der Waals surface area (Å²) in [5.41, 5.74) is 1.02. The molecule has 0 aliphatic rings. The molecule has 0 aliphatic carbocycles. The van der Waals surface area contributed by atoms with Gasteiger partial charge >= 0.3 is 5.97 Å². The van der Waals surface area contributed by atoms with Crippen LogP contribution in [0.1, 0.15) is 23.0 Å². The summed E-state index contributed by atoms with van der Waals surface area (Å²) in [7, 11) is 0. The molecule has 0 unspecified atom stereocenters. The van der Waals surface area contributed by atoms with Gasteiger partial charge in [-0.05, 0) is 30.3 Å². The molecule has 6 heteroatoms. The van der Waals surface area contributed by atoms with Crippen molar-refractivity contribution in [3.05, 3.63) is 35.8 Å². The van der Waals surface area contributed by atoms with Crippen LogP contribution in [0.3, 0.4) is 0 Å². The number of aryl methyl sites for hydroxylation is 1. The summed E-state index contributed by atoms with van der Waals surface area (Å²) in [6, 6.07) is 3.14. The van der Waals surface area contributed by atoms with Crippen LogP contribution in [0, 0.1) is 0 Å². The highest BCUT2D eigenvalue weighted by molar-refractivity contribution is 7.99. The average Bonchev–Trinajstić information content (AvgIpc) is 2.81. The number of carboxylic acid groups (broad SMARTS) is 1. The zero-order valence-corrected chi connectivity index (χ0v) is 9.99. The van der Waals surface area contributed by atoms with Crippen molar-refractivity contribution < 1.29 is 9.90 Å². The fourth-order valence-electron chi connectivity index (χ4n) is 1.32. The first-order valence-electron chi connectivity index (χ1n) is 5.10. The van der Waals surface area contributed by atoms with E-state index in [1.807, 2.05) is 6.92 Å². The summed E-state index contributed by atoms with van der Waals surface area (Å²) in [5, 5.41) is 10.3. The maximum Gasteiger partial charge on any atom is 0.335 e. The number of nitrogens with zero attached hydrogens (tertiary/aromatic N) is 2. The maximum atomic E-state index is 11.0. The first kappa shape index (κ1) is 11.7. The van der Waals surface area contributed by atoms with E-state index in [1.165, 1.54) is 11.8 Å². The number of rotatable bonds is 4. The normalized spacial score (nSPS) is 10.4. The summed E-state index contributed by atoms with van der Waals surface area (Å²) < 4.78 is 0. The quantitative estimate of drug-likeness (QED) is 0.868. The van der Waals surface area contributed by atoms with Crippen molar-refractivity contribution >= 4 is 17.7 Å². The molecule has 0 aromatic carbocycles. The minimum Gasteiger partial charge on any atom is -0.478 e. The van der Waals surface area contributed by atoms with Crippen molar-refractivity contribution in [2.45, 2.75) is 23.5 Å². The second kappa shape index (κ2) is 5.01. The number of imidazole rings is 1. The molecule has 0 aliphatic heterocycles. The number of aromatic amines is 1. The Balaban J connectivity index is 2.33. The number of H-pyrrole nitrogens is 1. The van der Waals surface area contributed by atoms with Gasteiger partial charge in [0.25, 0.3) is 0 Å². The molecule has 0 atom stereocenters. The molecule has 0 fully saturated rings. The van der Waals surface area contributed by atoms with Gasteiger partial charge < -0.3 is 10.1 Å². The molecule has 5 nitrogen and oxygen atoms in total. The zero-order valence-electron chi connectivity index (χ0n) is 9.17. The molecule has 2 N–H and O–H groups in total. The van der Waals surface area contributed by atoms with E-state index in [2.05, 4.69) is 15.0 Å². The molecule has 0 saturated carbocycles. The summed E-state index contributed by atoms with van der Waals surface area (Å²) >= 11 is 1.31. The van der Waals surface area contributed by atoms with E-state index < -0.39 is 5.97 Å². The fraction of sp³-hybridized carbons (Fsp3) is 0.182. The molecule has 0 radical (unpaired) electrons. The Morgan fingerprint density at radius 2 is 2.35 bits per heavy atom. The second-order valence-electron chi connectivity index (χ2n) is 3.34. The molecular formula is C11H11N3O2S. The Labute approximate surface area is 102 Å². The van der Waals surface area contributed by atoms with Gasteiger partial charge in [-0.25, -0.2) is 14.8 Å².